The number of hydrogen-bond donors (Lipinski definition) is 0. The number of carbonyl (C=O) groups excluding carboxylic acids is 1. The van der Waals surface area contributed by atoms with Crippen molar-refractivity contribution in [3.8, 4) is 0 Å². The zero-order chi connectivity index (χ0) is 5.70. The Kier molecular flexibility index (Phi) is 3.84. The minimum absolute atomic E-state index is 0.892. The topological polar surface area (TPSA) is 26.3 Å². The number of ether oxygens (including phenoxy) is 1. The summed E-state index contributed by atoms with van der Waals surface area (Å²) < 4.78 is 4.01. The van der Waals surface area contributed by atoms with Crippen molar-refractivity contribution in [2.45, 2.75) is 0 Å². The van der Waals surface area contributed by atoms with Gasteiger partial charge in [0.2, 0.25) is 0 Å². The fourth-order valence-corrected chi connectivity index (χ4v) is 0.182. The van der Waals surface area contributed by atoms with E-state index < -0.39 is 5.43 Å². The molecule has 0 heterocycles. The Labute approximate surface area is 50.7 Å². The molecule has 0 atom stereocenters. The highest BCUT2D eigenvalue weighted by atomic mass is 35.5. The Morgan fingerprint density at radius 2 is 2.29 bits per heavy atom. The SMILES string of the molecule is O=C(Cl)OC=CCl. The highest BCUT2D eigenvalue weighted by Crippen LogP contribution is 1.87. The summed E-state index contributed by atoms with van der Waals surface area (Å²) in [5.74, 6) is 0. The maximum atomic E-state index is 9.64. The van der Waals surface area contributed by atoms with Crippen molar-refractivity contribution in [3.63, 3.8) is 0 Å². The van der Waals surface area contributed by atoms with Crippen LogP contribution in [0, 0.1) is 0 Å². The second-order valence-electron chi connectivity index (χ2n) is 0.618. The molecule has 0 saturated heterocycles. The predicted molar refractivity (Wildman–Crippen MR) is 27.3 cm³/mol. The molecule has 0 aromatic rings. The molecule has 2 nitrogen and oxygen atoms in total. The van der Waals surface area contributed by atoms with E-state index in [1.807, 2.05) is 0 Å². The molecule has 0 rings (SSSR count). The fourth-order valence-electron chi connectivity index (χ4n) is 0.0792. The van der Waals surface area contributed by atoms with Gasteiger partial charge in [-0.25, -0.2) is 4.79 Å². The Balaban J connectivity index is 3.14. The Bertz CT molecular complexity index is 88.9. The Hall–Kier alpha value is -0.210. The minimum Gasteiger partial charge on any atom is -0.422 e. The van der Waals surface area contributed by atoms with Gasteiger partial charge in [0.05, 0.1) is 0 Å². The molecule has 0 aliphatic carbocycles. The molecule has 0 unspecified atom stereocenters. The van der Waals surface area contributed by atoms with Crippen molar-refractivity contribution in [2.24, 2.45) is 0 Å². The van der Waals surface area contributed by atoms with E-state index in [0.29, 0.717) is 0 Å². The summed E-state index contributed by atoms with van der Waals surface area (Å²) in [6.45, 7) is 0. The number of carbonyl (C=O) groups is 1. The lowest BCUT2D eigenvalue weighted by Gasteiger charge is -1.81. The second-order valence-corrected chi connectivity index (χ2v) is 1.18. The van der Waals surface area contributed by atoms with Crippen LogP contribution in [-0.4, -0.2) is 5.43 Å². The van der Waals surface area contributed by atoms with Gasteiger partial charge in [-0.15, -0.1) is 0 Å². The minimum atomic E-state index is -0.892. The standard InChI is InChI=1S/C3H2Cl2O2/c4-1-2-7-3(5)6/h1-2H. The van der Waals surface area contributed by atoms with Crippen LogP contribution in [0.4, 0.5) is 4.79 Å². The van der Waals surface area contributed by atoms with E-state index in [1.165, 1.54) is 0 Å². The average Bonchev–Trinajstić information content (AvgIpc) is 1.61. The molecule has 4 heteroatoms. The van der Waals surface area contributed by atoms with Gasteiger partial charge in [-0.05, 0) is 0 Å². The molecular formula is C3H2Cl2O2. The van der Waals surface area contributed by atoms with E-state index in [-0.39, 0.29) is 0 Å². The van der Waals surface area contributed by atoms with Gasteiger partial charge in [0, 0.05) is 17.1 Å². The highest BCUT2D eigenvalue weighted by Gasteiger charge is 1.85. The van der Waals surface area contributed by atoms with Crippen molar-refractivity contribution in [1.29, 1.82) is 0 Å². The zero-order valence-corrected chi connectivity index (χ0v) is 4.74. The molecule has 0 bridgehead atoms. The summed E-state index contributed by atoms with van der Waals surface area (Å²) in [4.78, 5) is 9.64. The first kappa shape index (κ1) is 6.79. The van der Waals surface area contributed by atoms with Crippen LogP contribution in [0.5, 0.6) is 0 Å². The third kappa shape index (κ3) is 5.79. The Morgan fingerprint density at radius 3 is 2.43 bits per heavy atom. The number of hydrogen-bond acceptors (Lipinski definition) is 2. The summed E-state index contributed by atoms with van der Waals surface area (Å²) in [5, 5.41) is 0. The first-order valence-electron chi connectivity index (χ1n) is 1.38. The van der Waals surface area contributed by atoms with Gasteiger partial charge >= 0.3 is 5.43 Å². The van der Waals surface area contributed by atoms with E-state index in [0.717, 1.165) is 11.8 Å². The first-order chi connectivity index (χ1) is 3.27. The van der Waals surface area contributed by atoms with Crippen molar-refractivity contribution in [2.75, 3.05) is 0 Å². The average molecular weight is 141 g/mol. The van der Waals surface area contributed by atoms with Crippen LogP contribution in [0.1, 0.15) is 0 Å². The summed E-state index contributed by atoms with van der Waals surface area (Å²) in [5.41, 5.74) is 0.150. The summed E-state index contributed by atoms with van der Waals surface area (Å²) in [6, 6.07) is 0. The lowest BCUT2D eigenvalue weighted by Crippen LogP contribution is -1.80. The molecule has 0 aliphatic heterocycles. The fraction of sp³-hybridized carbons (Fsp3) is 0. The lowest BCUT2D eigenvalue weighted by molar-refractivity contribution is 0.212. The summed E-state index contributed by atoms with van der Waals surface area (Å²) >= 11 is 9.61. The molecule has 0 fully saturated rings. The molecule has 0 spiro atoms. The summed E-state index contributed by atoms with van der Waals surface area (Å²) in [6.07, 6.45) is 0.983. The van der Waals surface area contributed by atoms with E-state index >= 15 is 0 Å². The van der Waals surface area contributed by atoms with Gasteiger partial charge in [0.1, 0.15) is 6.26 Å². The van der Waals surface area contributed by atoms with Crippen molar-refractivity contribution >= 4 is 28.6 Å². The quantitative estimate of drug-likeness (QED) is 0.412. The van der Waals surface area contributed by atoms with Crippen LogP contribution in [0.3, 0.4) is 0 Å². The maximum absolute atomic E-state index is 9.64. The lowest BCUT2D eigenvalue weighted by atomic mass is 11.1. The van der Waals surface area contributed by atoms with Crippen LogP contribution in [0.15, 0.2) is 11.8 Å². The predicted octanol–water partition coefficient (Wildman–Crippen LogP) is 2.07. The molecule has 0 N–H and O–H groups in total. The molecule has 0 aromatic heterocycles. The van der Waals surface area contributed by atoms with E-state index in [9.17, 15) is 4.79 Å². The highest BCUT2D eigenvalue weighted by molar-refractivity contribution is 6.61. The van der Waals surface area contributed by atoms with E-state index in [2.05, 4.69) is 16.3 Å². The molecule has 40 valence electrons. The third-order valence-electron chi connectivity index (χ3n) is 0.212. The molecule has 0 radical (unpaired) electrons. The molecule has 0 amide bonds. The Morgan fingerprint density at radius 1 is 1.71 bits per heavy atom. The van der Waals surface area contributed by atoms with Crippen LogP contribution >= 0.6 is 23.2 Å². The molecular weight excluding hydrogens is 139 g/mol. The molecule has 0 aromatic carbocycles. The van der Waals surface area contributed by atoms with Gasteiger partial charge < -0.3 is 4.74 Å². The van der Waals surface area contributed by atoms with Crippen LogP contribution < -0.4 is 0 Å². The third-order valence-corrected chi connectivity index (χ3v) is 0.404. The summed E-state index contributed by atoms with van der Waals surface area (Å²) in [7, 11) is 0. The molecule has 7 heavy (non-hydrogen) atoms. The van der Waals surface area contributed by atoms with Gasteiger partial charge in [-0.1, -0.05) is 11.6 Å². The van der Waals surface area contributed by atoms with Crippen LogP contribution in [-0.2, 0) is 4.74 Å². The van der Waals surface area contributed by atoms with Crippen molar-refractivity contribution < 1.29 is 9.53 Å². The maximum Gasteiger partial charge on any atom is 0.408 e. The second kappa shape index (κ2) is 3.96. The van der Waals surface area contributed by atoms with Gasteiger partial charge in [-0.3, -0.25) is 0 Å². The normalized spacial score (nSPS) is 9.43. The first-order valence-corrected chi connectivity index (χ1v) is 2.20. The van der Waals surface area contributed by atoms with Gasteiger partial charge in [0.15, 0.2) is 0 Å². The largest absolute Gasteiger partial charge is 0.422 e. The number of rotatable bonds is 1. The molecule has 0 aliphatic rings. The van der Waals surface area contributed by atoms with E-state index in [1.54, 1.807) is 0 Å². The van der Waals surface area contributed by atoms with E-state index in [4.69, 9.17) is 11.6 Å². The van der Waals surface area contributed by atoms with Crippen molar-refractivity contribution in [1.82, 2.24) is 0 Å². The van der Waals surface area contributed by atoms with Crippen LogP contribution in [0.25, 0.3) is 0 Å². The number of halogens is 2. The smallest absolute Gasteiger partial charge is 0.408 e. The molecule has 0 saturated carbocycles. The zero-order valence-electron chi connectivity index (χ0n) is 3.23. The van der Waals surface area contributed by atoms with Gasteiger partial charge in [0.25, 0.3) is 0 Å². The van der Waals surface area contributed by atoms with Crippen molar-refractivity contribution in [3.05, 3.63) is 11.8 Å². The van der Waals surface area contributed by atoms with Gasteiger partial charge in [-0.2, -0.15) is 0 Å². The monoisotopic (exact) mass is 140 g/mol. The van der Waals surface area contributed by atoms with Crippen LogP contribution in [0.2, 0.25) is 0 Å².